The van der Waals surface area contributed by atoms with Gasteiger partial charge in [0, 0.05) is 6.54 Å². The van der Waals surface area contributed by atoms with E-state index in [9.17, 15) is 13.2 Å². The van der Waals surface area contributed by atoms with Gasteiger partial charge < -0.3 is 0 Å². The van der Waals surface area contributed by atoms with Crippen LogP contribution in [0.5, 0.6) is 0 Å². The normalized spacial score (nSPS) is 26.0. The Balaban J connectivity index is 2.55. The Morgan fingerprint density at radius 1 is 1.60 bits per heavy atom. The lowest BCUT2D eigenvalue weighted by Gasteiger charge is -2.17. The van der Waals surface area contributed by atoms with E-state index in [1.165, 1.54) is 0 Å². The maximum atomic E-state index is 11.8. The third-order valence-corrected chi connectivity index (χ3v) is 1.25. The standard InChI is InChI=1S/C5H7F3N2/c1-4-2-10(3-9-4)5(6,7)8/h3-4H,2H2,1H3. The lowest BCUT2D eigenvalue weighted by molar-refractivity contribution is -0.213. The molecule has 1 atom stereocenters. The average molecular weight is 152 g/mol. The molecule has 0 fully saturated rings. The van der Waals surface area contributed by atoms with Gasteiger partial charge in [-0.2, -0.15) is 13.2 Å². The smallest absolute Gasteiger partial charge is 0.272 e. The van der Waals surface area contributed by atoms with Crippen molar-refractivity contribution in [3.8, 4) is 0 Å². The number of rotatable bonds is 0. The van der Waals surface area contributed by atoms with Gasteiger partial charge in [-0.25, -0.2) is 0 Å². The van der Waals surface area contributed by atoms with Gasteiger partial charge in [0.1, 0.15) is 0 Å². The first-order chi connectivity index (χ1) is 4.50. The molecule has 1 aliphatic rings. The minimum Gasteiger partial charge on any atom is -0.272 e. The fourth-order valence-corrected chi connectivity index (χ4v) is 0.742. The largest absolute Gasteiger partial charge is 0.485 e. The van der Waals surface area contributed by atoms with Gasteiger partial charge in [0.25, 0.3) is 0 Å². The minimum atomic E-state index is -4.26. The van der Waals surface area contributed by atoms with E-state index in [4.69, 9.17) is 0 Å². The molecule has 5 heteroatoms. The summed E-state index contributed by atoms with van der Waals surface area (Å²) in [6, 6.07) is -0.235. The minimum absolute atomic E-state index is 0.0521. The van der Waals surface area contributed by atoms with Crippen LogP contribution in [0.2, 0.25) is 0 Å². The van der Waals surface area contributed by atoms with E-state index in [0.717, 1.165) is 6.34 Å². The van der Waals surface area contributed by atoms with Crippen LogP contribution in [0.25, 0.3) is 0 Å². The van der Waals surface area contributed by atoms with Gasteiger partial charge in [0.05, 0.1) is 12.4 Å². The first-order valence-corrected chi connectivity index (χ1v) is 2.87. The fraction of sp³-hybridized carbons (Fsp3) is 0.800. The van der Waals surface area contributed by atoms with Crippen LogP contribution in [0.15, 0.2) is 4.99 Å². The predicted octanol–water partition coefficient (Wildman–Crippen LogP) is 1.24. The molecule has 0 amide bonds. The second-order valence-electron chi connectivity index (χ2n) is 2.23. The maximum absolute atomic E-state index is 11.8. The molecule has 1 unspecified atom stereocenters. The number of hydrogen-bond acceptors (Lipinski definition) is 2. The highest BCUT2D eigenvalue weighted by Crippen LogP contribution is 2.22. The molecule has 0 aliphatic carbocycles. The molecule has 0 aromatic heterocycles. The lowest BCUT2D eigenvalue weighted by atomic mass is 10.4. The van der Waals surface area contributed by atoms with E-state index in [1.807, 2.05) is 0 Å². The van der Waals surface area contributed by atoms with E-state index in [2.05, 4.69) is 4.99 Å². The Bertz CT molecular complexity index is 151. The van der Waals surface area contributed by atoms with Crippen molar-refractivity contribution in [3.63, 3.8) is 0 Å². The lowest BCUT2D eigenvalue weighted by Crippen LogP contribution is -2.36. The van der Waals surface area contributed by atoms with E-state index in [1.54, 1.807) is 6.92 Å². The molecule has 0 radical (unpaired) electrons. The van der Waals surface area contributed by atoms with Gasteiger partial charge in [-0.15, -0.1) is 0 Å². The summed E-state index contributed by atoms with van der Waals surface area (Å²) >= 11 is 0. The summed E-state index contributed by atoms with van der Waals surface area (Å²) in [4.78, 5) is 3.84. The van der Waals surface area contributed by atoms with Crippen LogP contribution >= 0.6 is 0 Å². The van der Waals surface area contributed by atoms with Crippen molar-refractivity contribution < 1.29 is 13.2 Å². The molecule has 0 aromatic carbocycles. The zero-order valence-electron chi connectivity index (χ0n) is 5.39. The van der Waals surface area contributed by atoms with Crippen LogP contribution in [-0.4, -0.2) is 30.1 Å². The Hall–Kier alpha value is -0.740. The third kappa shape index (κ3) is 1.40. The summed E-state index contributed by atoms with van der Waals surface area (Å²) < 4.78 is 35.3. The SMILES string of the molecule is CC1CN(C(F)(F)F)C=N1. The van der Waals surface area contributed by atoms with E-state index in [0.29, 0.717) is 0 Å². The molecule has 0 saturated carbocycles. The van der Waals surface area contributed by atoms with Crippen LogP contribution in [0.4, 0.5) is 13.2 Å². The van der Waals surface area contributed by atoms with Crippen molar-refractivity contribution in [3.05, 3.63) is 0 Å². The highest BCUT2D eigenvalue weighted by Gasteiger charge is 2.38. The summed E-state index contributed by atoms with van der Waals surface area (Å²) in [7, 11) is 0. The molecule has 0 aromatic rings. The third-order valence-electron chi connectivity index (χ3n) is 1.25. The Morgan fingerprint density at radius 3 is 2.40 bits per heavy atom. The quantitative estimate of drug-likeness (QED) is 0.477. The maximum Gasteiger partial charge on any atom is 0.485 e. The van der Waals surface area contributed by atoms with Crippen molar-refractivity contribution in [2.24, 2.45) is 4.99 Å². The zero-order valence-corrected chi connectivity index (χ0v) is 5.39. The topological polar surface area (TPSA) is 15.6 Å². The highest BCUT2D eigenvalue weighted by atomic mass is 19.4. The van der Waals surface area contributed by atoms with Crippen molar-refractivity contribution >= 4 is 6.34 Å². The number of aliphatic imine (C=N–C) groups is 1. The van der Waals surface area contributed by atoms with E-state index in [-0.39, 0.29) is 17.5 Å². The summed E-state index contributed by atoms with van der Waals surface area (Å²) in [5, 5.41) is 0. The number of hydrogen-bond donors (Lipinski definition) is 0. The van der Waals surface area contributed by atoms with Crippen molar-refractivity contribution in [2.45, 2.75) is 19.3 Å². The van der Waals surface area contributed by atoms with Crippen molar-refractivity contribution in [1.29, 1.82) is 0 Å². The number of halogens is 3. The fourth-order valence-electron chi connectivity index (χ4n) is 0.742. The highest BCUT2D eigenvalue weighted by molar-refractivity contribution is 5.58. The van der Waals surface area contributed by atoms with E-state index >= 15 is 0 Å². The molecule has 0 N–H and O–H groups in total. The second kappa shape index (κ2) is 2.14. The molecule has 0 bridgehead atoms. The molecule has 10 heavy (non-hydrogen) atoms. The zero-order chi connectivity index (χ0) is 7.78. The van der Waals surface area contributed by atoms with Gasteiger partial charge >= 0.3 is 6.30 Å². The summed E-state index contributed by atoms with van der Waals surface area (Å²) in [5.41, 5.74) is 0. The molecular formula is C5H7F3N2. The Labute approximate surface area is 56.3 Å². The molecule has 0 saturated heterocycles. The Kier molecular flexibility index (Phi) is 1.58. The molecule has 2 nitrogen and oxygen atoms in total. The summed E-state index contributed by atoms with van der Waals surface area (Å²) in [6.45, 7) is 1.59. The van der Waals surface area contributed by atoms with Gasteiger partial charge in [0.2, 0.25) is 0 Å². The molecule has 1 heterocycles. The van der Waals surface area contributed by atoms with Gasteiger partial charge in [0.15, 0.2) is 0 Å². The van der Waals surface area contributed by atoms with Gasteiger partial charge in [-0.1, -0.05) is 0 Å². The molecule has 1 rings (SSSR count). The summed E-state index contributed by atoms with van der Waals surface area (Å²) in [5.74, 6) is 0. The van der Waals surface area contributed by atoms with Crippen molar-refractivity contribution in [2.75, 3.05) is 6.54 Å². The van der Waals surface area contributed by atoms with Crippen LogP contribution in [-0.2, 0) is 0 Å². The van der Waals surface area contributed by atoms with E-state index < -0.39 is 6.30 Å². The predicted molar refractivity (Wildman–Crippen MR) is 30.7 cm³/mol. The molecule has 1 aliphatic heterocycles. The molecule has 58 valence electrons. The molecular weight excluding hydrogens is 145 g/mol. The first kappa shape index (κ1) is 7.37. The number of nitrogens with zero attached hydrogens (tertiary/aromatic N) is 2. The first-order valence-electron chi connectivity index (χ1n) is 2.87. The summed E-state index contributed by atoms with van der Waals surface area (Å²) in [6.07, 6.45) is -3.42. The van der Waals surface area contributed by atoms with Crippen LogP contribution in [0, 0.1) is 0 Å². The van der Waals surface area contributed by atoms with Crippen molar-refractivity contribution in [1.82, 2.24) is 4.90 Å². The molecule has 0 spiro atoms. The van der Waals surface area contributed by atoms with Crippen LogP contribution in [0.1, 0.15) is 6.92 Å². The Morgan fingerprint density at radius 2 is 2.20 bits per heavy atom. The average Bonchev–Trinajstić information content (AvgIpc) is 2.11. The monoisotopic (exact) mass is 152 g/mol. The van der Waals surface area contributed by atoms with Gasteiger partial charge in [-0.05, 0) is 6.92 Å². The second-order valence-corrected chi connectivity index (χ2v) is 2.23. The van der Waals surface area contributed by atoms with Gasteiger partial charge in [-0.3, -0.25) is 9.89 Å². The van der Waals surface area contributed by atoms with Crippen LogP contribution in [0.3, 0.4) is 0 Å². The number of alkyl halides is 3. The van der Waals surface area contributed by atoms with Crippen LogP contribution < -0.4 is 0 Å².